The van der Waals surface area contributed by atoms with E-state index >= 15 is 4.39 Å². The number of benzene rings is 2. The van der Waals surface area contributed by atoms with Gasteiger partial charge in [-0.3, -0.25) is 4.90 Å². The van der Waals surface area contributed by atoms with Gasteiger partial charge < -0.3 is 21.5 Å². The van der Waals surface area contributed by atoms with Gasteiger partial charge >= 0.3 is 6.18 Å². The molecule has 1 atom stereocenters. The van der Waals surface area contributed by atoms with Crippen LogP contribution in [0.2, 0.25) is 5.02 Å². The van der Waals surface area contributed by atoms with Crippen LogP contribution in [0.3, 0.4) is 0 Å². The Bertz CT molecular complexity index is 1700. The van der Waals surface area contributed by atoms with E-state index in [-0.39, 0.29) is 33.7 Å². The van der Waals surface area contributed by atoms with Crippen molar-refractivity contribution in [1.29, 1.82) is 0 Å². The van der Waals surface area contributed by atoms with E-state index < -0.39 is 33.7 Å². The van der Waals surface area contributed by atoms with Gasteiger partial charge in [0.25, 0.3) is 0 Å². The van der Waals surface area contributed by atoms with Crippen molar-refractivity contribution in [2.45, 2.75) is 19.1 Å². The number of fused-ring (bicyclic) bond motifs is 1. The zero-order chi connectivity index (χ0) is 29.5. The first-order valence-corrected chi connectivity index (χ1v) is 14.4. The third-order valence-corrected chi connectivity index (χ3v) is 8.58. The highest BCUT2D eigenvalue weighted by molar-refractivity contribution is 7.91. The van der Waals surface area contributed by atoms with E-state index in [2.05, 4.69) is 20.7 Å². The molecule has 4 aromatic rings. The molecule has 0 amide bonds. The Balaban J connectivity index is 1.37. The molecule has 0 spiro atoms. The van der Waals surface area contributed by atoms with Gasteiger partial charge in [0, 0.05) is 25.2 Å². The second kappa shape index (κ2) is 11.0. The van der Waals surface area contributed by atoms with Crippen LogP contribution in [0.4, 0.5) is 34.8 Å². The van der Waals surface area contributed by atoms with Crippen molar-refractivity contribution in [3.63, 3.8) is 0 Å². The number of nitrogen functional groups attached to an aromatic ring is 1. The number of halogens is 5. The number of hydrogen-bond acceptors (Lipinski definition) is 9. The third kappa shape index (κ3) is 6.32. The number of nitrogens with two attached hydrogens (primary N) is 1. The number of aromatic nitrogens is 3. The van der Waals surface area contributed by atoms with E-state index in [0.717, 1.165) is 18.2 Å². The van der Waals surface area contributed by atoms with E-state index in [1.165, 1.54) is 18.5 Å². The third-order valence-electron chi connectivity index (χ3n) is 6.64. The molecule has 1 aliphatic rings. The summed E-state index contributed by atoms with van der Waals surface area (Å²) in [4.78, 5) is 6.02. The molecule has 218 valence electrons. The molecule has 0 bridgehead atoms. The van der Waals surface area contributed by atoms with Crippen molar-refractivity contribution in [2.75, 3.05) is 41.0 Å². The van der Waals surface area contributed by atoms with Gasteiger partial charge in [0.15, 0.2) is 15.7 Å². The first kappa shape index (κ1) is 28.9. The number of aliphatic hydroxyl groups is 1. The van der Waals surface area contributed by atoms with Crippen LogP contribution in [-0.4, -0.2) is 64.0 Å². The Morgan fingerprint density at radius 1 is 1.07 bits per heavy atom. The van der Waals surface area contributed by atoms with Crippen LogP contribution in [0.1, 0.15) is 11.3 Å². The molecule has 2 aromatic heterocycles. The highest BCUT2D eigenvalue weighted by atomic mass is 35.5. The number of alkyl halides is 3. The summed E-state index contributed by atoms with van der Waals surface area (Å²) in [5, 5.41) is 19.4. The molecular weight excluding hydrogens is 590 g/mol. The lowest BCUT2D eigenvalue weighted by molar-refractivity contribution is -0.137. The maximum absolute atomic E-state index is 15.2. The Labute approximate surface area is 236 Å². The van der Waals surface area contributed by atoms with Crippen molar-refractivity contribution >= 4 is 44.1 Å². The first-order valence-electron chi connectivity index (χ1n) is 12.2. The molecule has 16 heteroatoms. The summed E-state index contributed by atoms with van der Waals surface area (Å²) in [6, 6.07) is 8.46. The lowest BCUT2D eigenvalue weighted by Crippen LogP contribution is -2.39. The summed E-state index contributed by atoms with van der Waals surface area (Å²) < 4.78 is 79.5. The highest BCUT2D eigenvalue weighted by Gasteiger charge is 2.31. The predicted octanol–water partition coefficient (Wildman–Crippen LogP) is 3.82. The highest BCUT2D eigenvalue weighted by Crippen LogP contribution is 2.35. The molecule has 1 saturated heterocycles. The van der Waals surface area contributed by atoms with Crippen LogP contribution < -0.4 is 16.4 Å². The zero-order valence-corrected chi connectivity index (χ0v) is 22.7. The maximum atomic E-state index is 15.2. The van der Waals surface area contributed by atoms with E-state index in [1.807, 2.05) is 4.90 Å². The molecule has 41 heavy (non-hydrogen) atoms. The van der Waals surface area contributed by atoms with E-state index in [9.17, 15) is 26.7 Å². The maximum Gasteiger partial charge on any atom is 0.416 e. The summed E-state index contributed by atoms with van der Waals surface area (Å²) in [6.07, 6.45) is -5.02. The summed E-state index contributed by atoms with van der Waals surface area (Å²) in [7, 11) is -3.06. The quantitative estimate of drug-likeness (QED) is 0.181. The minimum Gasteiger partial charge on any atom is -0.382 e. The van der Waals surface area contributed by atoms with Gasteiger partial charge in [-0.1, -0.05) is 17.7 Å². The lowest BCUT2D eigenvalue weighted by atomic mass is 10.1. The fourth-order valence-corrected chi connectivity index (χ4v) is 5.99. The average Bonchev–Trinajstić information content (AvgIpc) is 3.26. The standard InChI is InChI=1S/C25H24ClF4N7O3S/c26-18-3-2-15(25(28,29)30)10-21(18)35-24(38)34-20-4-1-14(9-19(20)27)17-11-16(37-22(17)23(31)32-13-33-37)12-36-5-7-41(39,40)8-6-36/h1-4,9-11,13,24,34-35,38H,5-8,12H2,(H2,31,32,33). The molecule has 0 radical (unpaired) electrons. The van der Waals surface area contributed by atoms with Gasteiger partial charge in [0.1, 0.15) is 17.7 Å². The molecular formula is C25H24ClF4N7O3S. The number of aliphatic hydroxyl groups excluding tert-OH is 1. The molecule has 1 unspecified atom stereocenters. The molecule has 1 fully saturated rings. The number of hydrogen-bond donors (Lipinski definition) is 4. The van der Waals surface area contributed by atoms with E-state index in [0.29, 0.717) is 42.0 Å². The Kier molecular flexibility index (Phi) is 7.72. The Morgan fingerprint density at radius 2 is 1.78 bits per heavy atom. The number of rotatable bonds is 7. The van der Waals surface area contributed by atoms with Gasteiger partial charge in [-0.25, -0.2) is 22.3 Å². The minimum atomic E-state index is -4.62. The molecule has 2 aromatic carbocycles. The predicted molar refractivity (Wildman–Crippen MR) is 146 cm³/mol. The lowest BCUT2D eigenvalue weighted by Gasteiger charge is -2.26. The molecule has 0 saturated carbocycles. The van der Waals surface area contributed by atoms with Crippen molar-refractivity contribution in [2.24, 2.45) is 0 Å². The monoisotopic (exact) mass is 613 g/mol. The number of anilines is 3. The van der Waals surface area contributed by atoms with Crippen LogP contribution in [0, 0.1) is 5.82 Å². The van der Waals surface area contributed by atoms with Crippen LogP contribution >= 0.6 is 11.6 Å². The largest absolute Gasteiger partial charge is 0.416 e. The molecule has 10 nitrogen and oxygen atoms in total. The molecule has 0 aliphatic carbocycles. The smallest absolute Gasteiger partial charge is 0.382 e. The minimum absolute atomic E-state index is 0.0562. The number of sulfone groups is 1. The first-order chi connectivity index (χ1) is 19.3. The average molecular weight is 614 g/mol. The number of nitrogens with one attached hydrogen (secondary N) is 2. The molecule has 1 aliphatic heterocycles. The summed E-state index contributed by atoms with van der Waals surface area (Å²) >= 11 is 5.95. The van der Waals surface area contributed by atoms with Gasteiger partial charge in [-0.15, -0.1) is 0 Å². The molecule has 5 rings (SSSR count). The van der Waals surface area contributed by atoms with E-state index in [4.69, 9.17) is 17.3 Å². The van der Waals surface area contributed by atoms with Gasteiger partial charge in [0.2, 0.25) is 6.35 Å². The van der Waals surface area contributed by atoms with Crippen molar-refractivity contribution in [3.05, 3.63) is 70.9 Å². The zero-order valence-electron chi connectivity index (χ0n) is 21.2. The van der Waals surface area contributed by atoms with Crippen LogP contribution in [0.25, 0.3) is 16.6 Å². The fourth-order valence-electron chi connectivity index (χ4n) is 4.55. The van der Waals surface area contributed by atoms with Crippen LogP contribution in [0.15, 0.2) is 48.8 Å². The van der Waals surface area contributed by atoms with Gasteiger partial charge in [0.05, 0.1) is 39.2 Å². The number of nitrogens with zero attached hydrogens (tertiary/aromatic N) is 4. The molecule has 5 N–H and O–H groups in total. The normalized spacial score (nSPS) is 16.5. The summed E-state index contributed by atoms with van der Waals surface area (Å²) in [5.74, 6) is -0.500. The SMILES string of the molecule is Nc1ncnn2c(CN3CCS(=O)(=O)CC3)cc(-c3ccc(NC(O)Nc4cc(C(F)(F)F)ccc4Cl)c(F)c3)c12. The van der Waals surface area contributed by atoms with Crippen molar-refractivity contribution in [3.8, 4) is 11.1 Å². The summed E-state index contributed by atoms with van der Waals surface area (Å²) in [5.41, 5.74) is 6.91. The Morgan fingerprint density at radius 3 is 2.46 bits per heavy atom. The Hall–Kier alpha value is -3.66. The van der Waals surface area contributed by atoms with E-state index in [1.54, 1.807) is 16.6 Å². The summed E-state index contributed by atoms with van der Waals surface area (Å²) in [6.45, 7) is 1.11. The van der Waals surface area contributed by atoms with Crippen LogP contribution in [0.5, 0.6) is 0 Å². The second-order valence-electron chi connectivity index (χ2n) is 9.46. The van der Waals surface area contributed by atoms with Crippen molar-refractivity contribution < 1.29 is 31.1 Å². The van der Waals surface area contributed by atoms with Crippen molar-refractivity contribution in [1.82, 2.24) is 19.5 Å². The molecule has 3 heterocycles. The van der Waals surface area contributed by atoms with Gasteiger partial charge in [-0.2, -0.15) is 18.3 Å². The van der Waals surface area contributed by atoms with Gasteiger partial charge in [-0.05, 0) is 42.0 Å². The second-order valence-corrected chi connectivity index (χ2v) is 12.2. The topological polar surface area (TPSA) is 138 Å². The van der Waals surface area contributed by atoms with Crippen LogP contribution in [-0.2, 0) is 22.6 Å². The fraction of sp³-hybridized carbons (Fsp3) is 0.280.